The first-order chi connectivity index (χ1) is 14.2. The Morgan fingerprint density at radius 3 is 2.52 bits per heavy atom. The lowest BCUT2D eigenvalue weighted by Crippen LogP contribution is -2.29. The largest absolute Gasteiger partial charge is 0.372 e. The summed E-state index contributed by atoms with van der Waals surface area (Å²) >= 11 is 0. The first-order valence-corrected chi connectivity index (χ1v) is 9.87. The molecule has 2 heterocycles. The summed E-state index contributed by atoms with van der Waals surface area (Å²) in [5, 5.41) is 14.4. The highest BCUT2D eigenvalue weighted by Crippen LogP contribution is 2.23. The van der Waals surface area contributed by atoms with Crippen LogP contribution in [0.4, 0.5) is 28.8 Å². The molecular formula is C22H24N6O. The first-order valence-electron chi connectivity index (χ1n) is 9.87. The molecule has 2 N–H and O–H groups in total. The first kappa shape index (κ1) is 18.9. The summed E-state index contributed by atoms with van der Waals surface area (Å²) in [6.45, 7) is 3.79. The van der Waals surface area contributed by atoms with Gasteiger partial charge in [0.15, 0.2) is 11.6 Å². The Morgan fingerprint density at radius 1 is 0.966 bits per heavy atom. The van der Waals surface area contributed by atoms with Crippen LogP contribution in [0, 0.1) is 0 Å². The van der Waals surface area contributed by atoms with Crippen molar-refractivity contribution in [3.8, 4) is 0 Å². The van der Waals surface area contributed by atoms with Gasteiger partial charge < -0.3 is 15.5 Å². The maximum Gasteiger partial charge on any atom is 0.249 e. The Balaban J connectivity index is 1.43. The van der Waals surface area contributed by atoms with Crippen LogP contribution in [-0.2, 0) is 0 Å². The Bertz CT molecular complexity index is 983. The predicted octanol–water partition coefficient (Wildman–Crippen LogP) is 4.55. The van der Waals surface area contributed by atoms with E-state index in [1.54, 1.807) is 25.3 Å². The molecule has 1 fully saturated rings. The number of piperidine rings is 1. The molecular weight excluding hydrogens is 364 g/mol. The predicted molar refractivity (Wildman–Crippen MR) is 115 cm³/mol. The molecule has 0 atom stereocenters. The summed E-state index contributed by atoms with van der Waals surface area (Å²) in [6, 6.07) is 15.6. The molecule has 7 heteroatoms. The van der Waals surface area contributed by atoms with Crippen LogP contribution in [0.25, 0.3) is 0 Å². The van der Waals surface area contributed by atoms with Crippen molar-refractivity contribution < 1.29 is 4.79 Å². The van der Waals surface area contributed by atoms with Gasteiger partial charge in [0.2, 0.25) is 5.95 Å². The van der Waals surface area contributed by atoms with E-state index < -0.39 is 0 Å². The fraction of sp³-hybridized carbons (Fsp3) is 0.273. The molecule has 1 aliphatic heterocycles. The fourth-order valence-electron chi connectivity index (χ4n) is 3.42. The van der Waals surface area contributed by atoms with Gasteiger partial charge in [-0.25, -0.2) is 0 Å². The molecule has 2 aromatic carbocycles. The zero-order valence-corrected chi connectivity index (χ0v) is 16.4. The number of benzene rings is 2. The second kappa shape index (κ2) is 8.68. The molecule has 0 unspecified atom stereocenters. The van der Waals surface area contributed by atoms with Crippen LogP contribution in [0.2, 0.25) is 0 Å². The second-order valence-electron chi connectivity index (χ2n) is 7.15. The van der Waals surface area contributed by atoms with Crippen LogP contribution in [0.1, 0.15) is 36.5 Å². The molecule has 7 nitrogen and oxygen atoms in total. The quantitative estimate of drug-likeness (QED) is 0.599. The highest BCUT2D eigenvalue weighted by atomic mass is 16.1. The van der Waals surface area contributed by atoms with E-state index in [1.165, 1.54) is 24.9 Å². The van der Waals surface area contributed by atoms with Crippen LogP contribution in [0.3, 0.4) is 0 Å². The molecule has 29 heavy (non-hydrogen) atoms. The maximum atomic E-state index is 11.6. The monoisotopic (exact) mass is 388 g/mol. The summed E-state index contributed by atoms with van der Waals surface area (Å²) in [7, 11) is 0. The van der Waals surface area contributed by atoms with E-state index in [0.717, 1.165) is 24.5 Å². The minimum Gasteiger partial charge on any atom is -0.372 e. The third kappa shape index (κ3) is 4.87. The normalized spacial score (nSPS) is 13.8. The minimum atomic E-state index is 0.0184. The van der Waals surface area contributed by atoms with Gasteiger partial charge in [0.05, 0.1) is 6.20 Å². The number of anilines is 5. The van der Waals surface area contributed by atoms with E-state index in [2.05, 4.69) is 42.8 Å². The van der Waals surface area contributed by atoms with E-state index in [1.807, 2.05) is 24.3 Å². The van der Waals surface area contributed by atoms with Crippen molar-refractivity contribution in [2.24, 2.45) is 0 Å². The lowest BCUT2D eigenvalue weighted by molar-refractivity contribution is 0.101. The summed E-state index contributed by atoms with van der Waals surface area (Å²) in [5.41, 5.74) is 3.57. The lowest BCUT2D eigenvalue weighted by atomic mass is 10.1. The van der Waals surface area contributed by atoms with Crippen LogP contribution in [-0.4, -0.2) is 34.1 Å². The molecule has 0 amide bonds. The van der Waals surface area contributed by atoms with Gasteiger partial charge in [-0.3, -0.25) is 4.79 Å². The molecule has 0 bridgehead atoms. The van der Waals surface area contributed by atoms with Gasteiger partial charge in [-0.05, 0) is 62.6 Å². The van der Waals surface area contributed by atoms with Crippen LogP contribution in [0.5, 0.6) is 0 Å². The topological polar surface area (TPSA) is 83.0 Å². The summed E-state index contributed by atoms with van der Waals surface area (Å²) in [5.74, 6) is 0.974. The lowest BCUT2D eigenvalue weighted by Gasteiger charge is -2.28. The van der Waals surface area contributed by atoms with Gasteiger partial charge in [0.25, 0.3) is 0 Å². The number of Topliss-reactive ketones (excluding diaryl/α,β-unsaturated/α-hetero) is 1. The highest BCUT2D eigenvalue weighted by molar-refractivity contribution is 5.95. The average molecular weight is 388 g/mol. The van der Waals surface area contributed by atoms with Gasteiger partial charge in [0.1, 0.15) is 0 Å². The molecule has 1 aromatic heterocycles. The smallest absolute Gasteiger partial charge is 0.249 e. The number of hydrogen-bond donors (Lipinski definition) is 2. The number of nitrogens with zero attached hydrogens (tertiary/aromatic N) is 4. The number of carbonyl (C=O) groups excluding carboxylic acids is 1. The van der Waals surface area contributed by atoms with Crippen LogP contribution in [0.15, 0.2) is 54.7 Å². The Kier molecular flexibility index (Phi) is 5.65. The van der Waals surface area contributed by atoms with E-state index in [9.17, 15) is 4.79 Å². The van der Waals surface area contributed by atoms with Gasteiger partial charge in [0, 0.05) is 35.7 Å². The third-order valence-corrected chi connectivity index (χ3v) is 4.94. The van der Waals surface area contributed by atoms with E-state index in [-0.39, 0.29) is 5.78 Å². The number of carbonyl (C=O) groups is 1. The molecule has 3 aromatic rings. The summed E-state index contributed by atoms with van der Waals surface area (Å²) < 4.78 is 0. The van der Waals surface area contributed by atoms with E-state index >= 15 is 0 Å². The van der Waals surface area contributed by atoms with E-state index in [0.29, 0.717) is 17.3 Å². The number of nitrogens with one attached hydrogen (secondary N) is 2. The summed E-state index contributed by atoms with van der Waals surface area (Å²) in [6.07, 6.45) is 5.39. The van der Waals surface area contributed by atoms with Crippen molar-refractivity contribution in [2.75, 3.05) is 28.6 Å². The Morgan fingerprint density at radius 2 is 1.76 bits per heavy atom. The van der Waals surface area contributed by atoms with Gasteiger partial charge in [-0.15, -0.1) is 5.10 Å². The van der Waals surface area contributed by atoms with Crippen molar-refractivity contribution in [3.63, 3.8) is 0 Å². The molecule has 0 spiro atoms. The standard InChI is InChI=1S/C22H24N6O/c1-16(29)17-6-5-7-19(14-17)24-21-15-23-27-22(26-21)25-18-8-10-20(11-9-18)28-12-3-2-4-13-28/h5-11,14-15H,2-4,12-13H2,1H3,(H2,24,25,26,27). The molecule has 148 valence electrons. The van der Waals surface area contributed by atoms with Gasteiger partial charge in [-0.1, -0.05) is 12.1 Å². The molecule has 0 radical (unpaired) electrons. The van der Waals surface area contributed by atoms with Crippen molar-refractivity contribution in [1.29, 1.82) is 0 Å². The highest BCUT2D eigenvalue weighted by Gasteiger charge is 2.11. The Labute approximate surface area is 170 Å². The fourth-order valence-corrected chi connectivity index (χ4v) is 3.42. The molecule has 0 aliphatic carbocycles. The third-order valence-electron chi connectivity index (χ3n) is 4.94. The molecule has 1 aliphatic rings. The zero-order valence-electron chi connectivity index (χ0n) is 16.4. The van der Waals surface area contributed by atoms with Crippen molar-refractivity contribution in [3.05, 3.63) is 60.3 Å². The number of aromatic nitrogens is 3. The van der Waals surface area contributed by atoms with Crippen molar-refractivity contribution in [2.45, 2.75) is 26.2 Å². The van der Waals surface area contributed by atoms with Crippen LogP contribution >= 0.6 is 0 Å². The van der Waals surface area contributed by atoms with Crippen LogP contribution < -0.4 is 15.5 Å². The minimum absolute atomic E-state index is 0.0184. The van der Waals surface area contributed by atoms with Gasteiger partial charge >= 0.3 is 0 Å². The van der Waals surface area contributed by atoms with Crippen molar-refractivity contribution in [1.82, 2.24) is 15.2 Å². The molecule has 1 saturated heterocycles. The molecule has 0 saturated carbocycles. The number of rotatable bonds is 6. The second-order valence-corrected chi connectivity index (χ2v) is 7.15. The number of hydrogen-bond acceptors (Lipinski definition) is 7. The number of ketones is 1. The van der Waals surface area contributed by atoms with E-state index in [4.69, 9.17) is 0 Å². The van der Waals surface area contributed by atoms with Crippen molar-refractivity contribution >= 4 is 34.6 Å². The Hall–Kier alpha value is -3.48. The maximum absolute atomic E-state index is 11.6. The SMILES string of the molecule is CC(=O)c1cccc(Nc2cnnc(Nc3ccc(N4CCCCC4)cc3)n2)c1. The molecule has 4 rings (SSSR count). The van der Waals surface area contributed by atoms with Gasteiger partial charge in [-0.2, -0.15) is 10.1 Å². The zero-order chi connectivity index (χ0) is 20.1. The average Bonchev–Trinajstić information content (AvgIpc) is 2.75. The summed E-state index contributed by atoms with van der Waals surface area (Å²) in [4.78, 5) is 18.4.